The molecule has 0 unspecified atom stereocenters. The van der Waals surface area contributed by atoms with E-state index in [4.69, 9.17) is 4.74 Å². The van der Waals surface area contributed by atoms with Crippen LogP contribution in [0.15, 0.2) is 18.2 Å². The number of fused-ring (bicyclic) bond motifs is 1. The minimum atomic E-state index is -0.519. The molecule has 27 heavy (non-hydrogen) atoms. The average molecular weight is 388 g/mol. The van der Waals surface area contributed by atoms with Gasteiger partial charge in [-0.3, -0.25) is 9.69 Å². The molecule has 0 saturated carbocycles. The molecule has 0 fully saturated rings. The van der Waals surface area contributed by atoms with Gasteiger partial charge in [0.1, 0.15) is 5.60 Å². The predicted molar refractivity (Wildman–Crippen MR) is 108 cm³/mol. The number of carbonyl (C=O) groups is 2. The summed E-state index contributed by atoms with van der Waals surface area (Å²) in [7, 11) is 0. The Morgan fingerprint density at radius 2 is 2.04 bits per heavy atom. The maximum absolute atomic E-state index is 12.5. The van der Waals surface area contributed by atoms with Crippen LogP contribution >= 0.6 is 11.3 Å². The maximum atomic E-state index is 12.5. The monoisotopic (exact) mass is 387 g/mol. The first-order valence-electron chi connectivity index (χ1n) is 9.03. The van der Waals surface area contributed by atoms with Crippen molar-refractivity contribution >= 4 is 34.2 Å². The Hall–Kier alpha value is -2.41. The van der Waals surface area contributed by atoms with Crippen molar-refractivity contribution in [1.82, 2.24) is 4.98 Å². The van der Waals surface area contributed by atoms with Crippen molar-refractivity contribution in [1.29, 1.82) is 0 Å². The Morgan fingerprint density at radius 3 is 2.70 bits per heavy atom. The normalized spacial score (nSPS) is 13.9. The number of anilines is 2. The van der Waals surface area contributed by atoms with Gasteiger partial charge in [-0.25, -0.2) is 9.78 Å². The van der Waals surface area contributed by atoms with E-state index < -0.39 is 5.60 Å². The standard InChI is InChI=1S/C20H25N3O3S/c1-12-17(27-18(21-12)22-13(2)24)15-8-9-16-14(11-15)7-6-10-23(16)19(25)26-20(3,4)5/h8-9,11H,6-7,10H2,1-5H3,(H,21,22,24). The van der Waals surface area contributed by atoms with Gasteiger partial charge in [0.25, 0.3) is 0 Å². The molecule has 1 aromatic heterocycles. The zero-order chi connectivity index (χ0) is 19.8. The first-order chi connectivity index (χ1) is 12.6. The largest absolute Gasteiger partial charge is 0.443 e. The van der Waals surface area contributed by atoms with E-state index in [0.717, 1.165) is 40.2 Å². The smallest absolute Gasteiger partial charge is 0.414 e. The number of hydrogen-bond acceptors (Lipinski definition) is 5. The van der Waals surface area contributed by atoms with Crippen LogP contribution in [0.3, 0.4) is 0 Å². The van der Waals surface area contributed by atoms with Crippen LogP contribution in [0.2, 0.25) is 0 Å². The number of nitrogens with one attached hydrogen (secondary N) is 1. The van der Waals surface area contributed by atoms with Crippen LogP contribution in [-0.2, 0) is 16.0 Å². The molecule has 2 heterocycles. The molecule has 0 atom stereocenters. The number of carbonyl (C=O) groups excluding carboxylic acids is 2. The molecule has 0 spiro atoms. The van der Waals surface area contributed by atoms with Gasteiger partial charge in [0.05, 0.1) is 16.3 Å². The lowest BCUT2D eigenvalue weighted by Crippen LogP contribution is -2.39. The zero-order valence-corrected chi connectivity index (χ0v) is 17.2. The second-order valence-corrected chi connectivity index (χ2v) is 8.69. The summed E-state index contributed by atoms with van der Waals surface area (Å²) in [5, 5.41) is 3.34. The highest BCUT2D eigenvalue weighted by molar-refractivity contribution is 7.19. The topological polar surface area (TPSA) is 71.5 Å². The van der Waals surface area contributed by atoms with Crippen molar-refractivity contribution in [3.63, 3.8) is 0 Å². The first kappa shape index (κ1) is 19.4. The van der Waals surface area contributed by atoms with Gasteiger partial charge in [-0.2, -0.15) is 0 Å². The molecule has 1 N–H and O–H groups in total. The number of ether oxygens (including phenoxy) is 1. The number of thiazole rings is 1. The van der Waals surface area contributed by atoms with Gasteiger partial charge in [-0.1, -0.05) is 17.4 Å². The molecule has 1 aliphatic heterocycles. The SMILES string of the molecule is CC(=O)Nc1nc(C)c(-c2ccc3c(c2)CCCN3C(=O)OC(C)(C)C)s1. The molecule has 0 radical (unpaired) electrons. The van der Waals surface area contributed by atoms with Crippen LogP contribution in [0.5, 0.6) is 0 Å². The quantitative estimate of drug-likeness (QED) is 0.806. The number of hydrogen-bond donors (Lipinski definition) is 1. The van der Waals surface area contributed by atoms with E-state index in [-0.39, 0.29) is 12.0 Å². The van der Waals surface area contributed by atoms with E-state index >= 15 is 0 Å². The summed E-state index contributed by atoms with van der Waals surface area (Å²) < 4.78 is 5.55. The van der Waals surface area contributed by atoms with Crippen molar-refractivity contribution in [3.05, 3.63) is 29.5 Å². The first-order valence-corrected chi connectivity index (χ1v) is 9.84. The highest BCUT2D eigenvalue weighted by Crippen LogP contribution is 2.37. The van der Waals surface area contributed by atoms with Crippen molar-refractivity contribution < 1.29 is 14.3 Å². The molecule has 7 heteroatoms. The maximum Gasteiger partial charge on any atom is 0.414 e. The molecule has 0 saturated heterocycles. The lowest BCUT2D eigenvalue weighted by atomic mass is 9.98. The van der Waals surface area contributed by atoms with Gasteiger partial charge in [0.2, 0.25) is 5.91 Å². The van der Waals surface area contributed by atoms with Crippen LogP contribution in [0, 0.1) is 6.92 Å². The van der Waals surface area contributed by atoms with Crippen molar-refractivity contribution in [2.75, 3.05) is 16.8 Å². The van der Waals surface area contributed by atoms with Gasteiger partial charge in [0.15, 0.2) is 5.13 Å². The minimum absolute atomic E-state index is 0.131. The highest BCUT2D eigenvalue weighted by atomic mass is 32.1. The summed E-state index contributed by atoms with van der Waals surface area (Å²) in [5.74, 6) is -0.131. The van der Waals surface area contributed by atoms with E-state index in [9.17, 15) is 9.59 Å². The molecule has 6 nitrogen and oxygen atoms in total. The Kier molecular flexibility index (Phi) is 5.24. The molecule has 0 aliphatic carbocycles. The van der Waals surface area contributed by atoms with Crippen LogP contribution in [0.4, 0.5) is 15.6 Å². The number of amides is 2. The molecule has 2 amide bonds. The highest BCUT2D eigenvalue weighted by Gasteiger charge is 2.27. The number of aryl methyl sites for hydroxylation is 2. The van der Waals surface area contributed by atoms with E-state index in [2.05, 4.69) is 16.4 Å². The molecule has 3 rings (SSSR count). The molecule has 2 aromatic rings. The molecule has 0 bridgehead atoms. The van der Waals surface area contributed by atoms with Gasteiger partial charge < -0.3 is 10.1 Å². The predicted octanol–water partition coefficient (Wildman–Crippen LogP) is 4.76. The van der Waals surface area contributed by atoms with E-state index in [0.29, 0.717) is 11.7 Å². The number of aromatic nitrogens is 1. The molecular weight excluding hydrogens is 362 g/mol. The third-order valence-corrected chi connectivity index (χ3v) is 5.28. The Morgan fingerprint density at radius 1 is 1.30 bits per heavy atom. The van der Waals surface area contributed by atoms with Crippen LogP contribution in [0.25, 0.3) is 10.4 Å². The fourth-order valence-corrected chi connectivity index (χ4v) is 4.12. The van der Waals surface area contributed by atoms with E-state index in [1.54, 1.807) is 4.90 Å². The minimum Gasteiger partial charge on any atom is -0.443 e. The van der Waals surface area contributed by atoms with Gasteiger partial charge in [-0.05, 0) is 63.8 Å². The second kappa shape index (κ2) is 7.31. The van der Waals surface area contributed by atoms with Crippen molar-refractivity contribution in [2.24, 2.45) is 0 Å². The van der Waals surface area contributed by atoms with Crippen molar-refractivity contribution in [2.45, 2.75) is 53.1 Å². The second-order valence-electron chi connectivity index (χ2n) is 7.69. The number of rotatable bonds is 2. The third kappa shape index (κ3) is 4.47. The van der Waals surface area contributed by atoms with Gasteiger partial charge >= 0.3 is 6.09 Å². The zero-order valence-electron chi connectivity index (χ0n) is 16.4. The van der Waals surface area contributed by atoms with Gasteiger partial charge in [0, 0.05) is 13.5 Å². The summed E-state index contributed by atoms with van der Waals surface area (Å²) in [6.45, 7) is 9.69. The molecule has 144 valence electrons. The summed E-state index contributed by atoms with van der Waals surface area (Å²) in [4.78, 5) is 31.0. The fraction of sp³-hybridized carbons (Fsp3) is 0.450. The van der Waals surface area contributed by atoms with E-state index in [1.165, 1.54) is 18.3 Å². The van der Waals surface area contributed by atoms with Crippen LogP contribution in [0.1, 0.15) is 45.4 Å². The average Bonchev–Trinajstić information content (AvgIpc) is 2.91. The van der Waals surface area contributed by atoms with Crippen LogP contribution < -0.4 is 10.2 Å². The van der Waals surface area contributed by atoms with Crippen molar-refractivity contribution in [3.8, 4) is 10.4 Å². The fourth-order valence-electron chi connectivity index (χ4n) is 3.11. The molecular formula is C20H25N3O3S. The lowest BCUT2D eigenvalue weighted by Gasteiger charge is -2.32. The summed E-state index contributed by atoms with van der Waals surface area (Å²) in [6, 6.07) is 6.09. The van der Waals surface area contributed by atoms with Crippen LogP contribution in [-0.4, -0.2) is 29.1 Å². The Balaban J connectivity index is 1.90. The number of benzene rings is 1. The van der Waals surface area contributed by atoms with E-state index in [1.807, 2.05) is 39.8 Å². The lowest BCUT2D eigenvalue weighted by molar-refractivity contribution is -0.114. The van der Waals surface area contributed by atoms with Gasteiger partial charge in [-0.15, -0.1) is 0 Å². The summed E-state index contributed by atoms with van der Waals surface area (Å²) >= 11 is 1.46. The molecule has 1 aliphatic rings. The summed E-state index contributed by atoms with van der Waals surface area (Å²) in [6.07, 6.45) is 1.51. The number of nitrogens with zero attached hydrogens (tertiary/aromatic N) is 2. The summed E-state index contributed by atoms with van der Waals surface area (Å²) in [5.41, 5.74) is 3.44. The Labute approximate surface area is 163 Å². The molecule has 1 aromatic carbocycles. The Bertz CT molecular complexity index is 883. The third-order valence-electron chi connectivity index (χ3n) is 4.15.